The minimum Gasteiger partial charge on any atom is -0.465 e. The lowest BCUT2D eigenvalue weighted by Gasteiger charge is -1.97. The van der Waals surface area contributed by atoms with Gasteiger partial charge in [0.05, 0.1) is 11.5 Å². The summed E-state index contributed by atoms with van der Waals surface area (Å²) in [5.74, 6) is -0.337. The van der Waals surface area contributed by atoms with Gasteiger partial charge in [-0.15, -0.1) is 0 Å². The second-order valence-electron chi connectivity index (χ2n) is 2.59. The van der Waals surface area contributed by atoms with Gasteiger partial charge in [-0.1, -0.05) is 39.0 Å². The molecular weight excluding hydrogens is 254 g/mol. The Balaban J connectivity index is 0. The van der Waals surface area contributed by atoms with Crippen molar-refractivity contribution in [3.8, 4) is 0 Å². The first-order valence-electron chi connectivity index (χ1n) is 5.96. The van der Waals surface area contributed by atoms with E-state index in [0.717, 1.165) is 16.2 Å². The molecule has 1 aromatic rings. The molecule has 1 rings (SSSR count). The van der Waals surface area contributed by atoms with E-state index in [2.05, 4.69) is 0 Å². The summed E-state index contributed by atoms with van der Waals surface area (Å²) in [7, 11) is 0. The van der Waals surface area contributed by atoms with Crippen LogP contribution in [0.4, 0.5) is 5.00 Å². The SMILES string of the molecule is CC.CC.CC(=O)OCCc1ccc([N+](=O)[O-])s1. The van der Waals surface area contributed by atoms with Crippen LogP contribution in [0.5, 0.6) is 0 Å². The summed E-state index contributed by atoms with van der Waals surface area (Å²) in [5, 5.41) is 10.4. The van der Waals surface area contributed by atoms with Crippen molar-refractivity contribution in [3.05, 3.63) is 27.1 Å². The third kappa shape index (κ3) is 8.69. The zero-order valence-corrected chi connectivity index (χ0v) is 12.4. The van der Waals surface area contributed by atoms with Crippen LogP contribution < -0.4 is 0 Å². The molecule has 0 aliphatic rings. The normalized spacial score (nSPS) is 8.28. The molecule has 0 amide bonds. The molecule has 0 saturated carbocycles. The van der Waals surface area contributed by atoms with Crippen molar-refractivity contribution < 1.29 is 14.5 Å². The zero-order valence-electron chi connectivity index (χ0n) is 11.6. The number of hydrogen-bond acceptors (Lipinski definition) is 5. The average molecular weight is 275 g/mol. The topological polar surface area (TPSA) is 69.4 Å². The van der Waals surface area contributed by atoms with E-state index < -0.39 is 4.92 Å². The Bertz CT molecular complexity index is 350. The number of carbonyl (C=O) groups excluding carboxylic acids is 1. The number of nitro groups is 1. The number of ether oxygens (including phenoxy) is 1. The predicted molar refractivity (Wildman–Crippen MR) is 74.0 cm³/mol. The highest BCUT2D eigenvalue weighted by atomic mass is 32.1. The van der Waals surface area contributed by atoms with Crippen LogP contribution in [0.1, 0.15) is 39.5 Å². The van der Waals surface area contributed by atoms with Gasteiger partial charge in [0.25, 0.3) is 0 Å². The number of rotatable bonds is 4. The van der Waals surface area contributed by atoms with Crippen LogP contribution in [0.25, 0.3) is 0 Å². The minimum atomic E-state index is -0.431. The fourth-order valence-corrected chi connectivity index (χ4v) is 1.70. The summed E-state index contributed by atoms with van der Waals surface area (Å²) >= 11 is 1.10. The molecule has 0 atom stereocenters. The maximum atomic E-state index is 10.4. The number of esters is 1. The Labute approximate surface area is 112 Å². The maximum Gasteiger partial charge on any atom is 0.324 e. The van der Waals surface area contributed by atoms with Crippen molar-refractivity contribution in [1.29, 1.82) is 0 Å². The lowest BCUT2D eigenvalue weighted by molar-refractivity contribution is -0.380. The molecule has 0 bridgehead atoms. The highest BCUT2D eigenvalue weighted by molar-refractivity contribution is 7.15. The van der Waals surface area contributed by atoms with Gasteiger partial charge >= 0.3 is 11.0 Å². The molecule has 1 heterocycles. The molecule has 0 aromatic carbocycles. The quantitative estimate of drug-likeness (QED) is 0.476. The summed E-state index contributed by atoms with van der Waals surface area (Å²) in [5.41, 5.74) is 0. The second-order valence-corrected chi connectivity index (χ2v) is 3.73. The molecule has 18 heavy (non-hydrogen) atoms. The van der Waals surface area contributed by atoms with E-state index in [1.54, 1.807) is 6.07 Å². The Hall–Kier alpha value is -1.43. The molecule has 0 saturated heterocycles. The van der Waals surface area contributed by atoms with Crippen LogP contribution in [-0.2, 0) is 16.0 Å². The zero-order chi connectivity index (χ0) is 14.6. The van der Waals surface area contributed by atoms with Gasteiger partial charge in [0.2, 0.25) is 0 Å². The smallest absolute Gasteiger partial charge is 0.324 e. The average Bonchev–Trinajstić information content (AvgIpc) is 2.83. The number of thiophene rings is 1. The molecule has 0 spiro atoms. The van der Waals surface area contributed by atoms with E-state index in [9.17, 15) is 14.9 Å². The van der Waals surface area contributed by atoms with Crippen LogP contribution >= 0.6 is 11.3 Å². The number of carbonyl (C=O) groups is 1. The van der Waals surface area contributed by atoms with Crippen LogP contribution in [-0.4, -0.2) is 17.5 Å². The van der Waals surface area contributed by atoms with Gasteiger partial charge in [-0.25, -0.2) is 0 Å². The largest absolute Gasteiger partial charge is 0.465 e. The molecule has 0 unspecified atom stereocenters. The molecule has 6 heteroatoms. The number of nitrogens with zero attached hydrogens (tertiary/aromatic N) is 1. The van der Waals surface area contributed by atoms with E-state index in [1.807, 2.05) is 27.7 Å². The molecule has 0 radical (unpaired) electrons. The van der Waals surface area contributed by atoms with E-state index in [-0.39, 0.29) is 17.6 Å². The monoisotopic (exact) mass is 275 g/mol. The van der Waals surface area contributed by atoms with E-state index >= 15 is 0 Å². The number of hydrogen-bond donors (Lipinski definition) is 0. The van der Waals surface area contributed by atoms with Crippen molar-refractivity contribution in [2.45, 2.75) is 41.0 Å². The molecule has 104 valence electrons. The van der Waals surface area contributed by atoms with Gasteiger partial charge < -0.3 is 4.74 Å². The lowest BCUT2D eigenvalue weighted by atomic mass is 10.4. The second kappa shape index (κ2) is 12.0. The molecule has 5 nitrogen and oxygen atoms in total. The van der Waals surface area contributed by atoms with Crippen molar-refractivity contribution in [2.24, 2.45) is 0 Å². The summed E-state index contributed by atoms with van der Waals surface area (Å²) in [6.07, 6.45) is 0.526. The van der Waals surface area contributed by atoms with Gasteiger partial charge in [-0.3, -0.25) is 14.9 Å². The van der Waals surface area contributed by atoms with Crippen molar-refractivity contribution in [2.75, 3.05) is 6.61 Å². The Morgan fingerprint density at radius 1 is 1.33 bits per heavy atom. The Kier molecular flexibility index (Phi) is 12.7. The van der Waals surface area contributed by atoms with Gasteiger partial charge in [0.15, 0.2) is 0 Å². The standard InChI is InChI=1S/C8H9NO4S.2C2H6/c1-6(10)13-5-4-7-2-3-8(14-7)9(11)12;2*1-2/h2-3H,4-5H2,1H3;2*1-2H3. The third-order valence-electron chi connectivity index (χ3n) is 1.48. The predicted octanol–water partition coefficient (Wildman–Crippen LogP) is 3.81. The fraction of sp³-hybridized carbons (Fsp3) is 0.583. The van der Waals surface area contributed by atoms with Gasteiger partial charge in [0.1, 0.15) is 0 Å². The summed E-state index contributed by atoms with van der Waals surface area (Å²) in [6, 6.07) is 3.13. The van der Waals surface area contributed by atoms with E-state index in [1.165, 1.54) is 13.0 Å². The maximum absolute atomic E-state index is 10.4. The Morgan fingerprint density at radius 3 is 2.28 bits per heavy atom. The fourth-order valence-electron chi connectivity index (χ4n) is 0.894. The molecule has 0 fully saturated rings. The van der Waals surface area contributed by atoms with Crippen LogP contribution in [0, 0.1) is 10.1 Å². The first-order chi connectivity index (χ1) is 8.59. The van der Waals surface area contributed by atoms with Gasteiger partial charge in [0, 0.05) is 24.3 Å². The highest BCUT2D eigenvalue weighted by Gasteiger charge is 2.09. The van der Waals surface area contributed by atoms with Crippen LogP contribution in [0.2, 0.25) is 0 Å². The summed E-state index contributed by atoms with van der Waals surface area (Å²) in [4.78, 5) is 21.2. The van der Waals surface area contributed by atoms with Gasteiger partial charge in [-0.05, 0) is 6.07 Å². The van der Waals surface area contributed by atoms with Gasteiger partial charge in [-0.2, -0.15) is 0 Å². The Morgan fingerprint density at radius 2 is 1.89 bits per heavy atom. The molecule has 0 aliphatic carbocycles. The van der Waals surface area contributed by atoms with E-state index in [0.29, 0.717) is 6.42 Å². The minimum absolute atomic E-state index is 0.114. The molecular formula is C12H21NO4S. The lowest BCUT2D eigenvalue weighted by Crippen LogP contribution is -2.01. The molecule has 0 aliphatic heterocycles. The highest BCUT2D eigenvalue weighted by Crippen LogP contribution is 2.24. The first kappa shape index (κ1) is 18.9. The van der Waals surface area contributed by atoms with Crippen LogP contribution in [0.15, 0.2) is 12.1 Å². The van der Waals surface area contributed by atoms with Crippen molar-refractivity contribution in [1.82, 2.24) is 0 Å². The van der Waals surface area contributed by atoms with Crippen molar-refractivity contribution >= 4 is 22.3 Å². The summed E-state index contributed by atoms with van der Waals surface area (Å²) in [6.45, 7) is 9.60. The molecule has 1 aromatic heterocycles. The summed E-state index contributed by atoms with van der Waals surface area (Å²) < 4.78 is 4.71. The van der Waals surface area contributed by atoms with Crippen molar-refractivity contribution in [3.63, 3.8) is 0 Å². The first-order valence-corrected chi connectivity index (χ1v) is 6.77. The molecule has 0 N–H and O–H groups in total. The third-order valence-corrected chi connectivity index (χ3v) is 2.58. The van der Waals surface area contributed by atoms with Crippen LogP contribution in [0.3, 0.4) is 0 Å². The van der Waals surface area contributed by atoms with E-state index in [4.69, 9.17) is 4.74 Å².